The highest BCUT2D eigenvalue weighted by Gasteiger charge is 2.71. The maximum atomic E-state index is 13.7. The number of carbonyl (C=O) groups excluding carboxylic acids is 4. The van der Waals surface area contributed by atoms with Gasteiger partial charge in [-0.25, -0.2) is 4.79 Å². The molecule has 1 aromatic carbocycles. The first-order chi connectivity index (χ1) is 25.3. The normalized spacial score (nSPS) is 45.2. The second kappa shape index (κ2) is 14.4. The Morgan fingerprint density at radius 1 is 0.981 bits per heavy atom. The maximum absolute atomic E-state index is 13.7. The van der Waals surface area contributed by atoms with Gasteiger partial charge in [0.15, 0.2) is 6.54 Å². The predicted molar refractivity (Wildman–Crippen MR) is 191 cm³/mol. The average molecular weight is 815 g/mol. The van der Waals surface area contributed by atoms with E-state index in [2.05, 4.69) is 20.0 Å². The second-order valence-corrected chi connectivity index (χ2v) is 18.2. The Labute approximate surface area is 328 Å². The molecule has 11 nitrogen and oxygen atoms in total. The number of halogens is 1. The Balaban J connectivity index is 0.00000450. The van der Waals surface area contributed by atoms with Crippen LogP contribution in [0.4, 0.5) is 0 Å². The molecule has 296 valence electrons. The largest absolute Gasteiger partial charge is 1.00 e. The molecule has 0 aromatic heterocycles. The number of esters is 3. The molecule has 3 aliphatic heterocycles. The fourth-order valence-corrected chi connectivity index (χ4v) is 13.0. The van der Waals surface area contributed by atoms with Gasteiger partial charge in [-0.15, -0.1) is 0 Å². The molecule has 2 bridgehead atoms. The number of aldehydes is 1. The van der Waals surface area contributed by atoms with E-state index in [1.807, 2.05) is 36.4 Å². The first-order valence-corrected chi connectivity index (χ1v) is 20.0. The van der Waals surface area contributed by atoms with Crippen LogP contribution in [0, 0.1) is 34.5 Å². The number of quaternary nitrogens is 1. The summed E-state index contributed by atoms with van der Waals surface area (Å²) in [6, 6.07) is 9.43. The van der Waals surface area contributed by atoms with E-state index in [-0.39, 0.29) is 90.4 Å². The smallest absolute Gasteiger partial charge is 0.362 e. The lowest BCUT2D eigenvalue weighted by Crippen LogP contribution is -3.00. The Kier molecular flexibility index (Phi) is 10.5. The van der Waals surface area contributed by atoms with Crippen LogP contribution in [-0.4, -0.2) is 106 Å². The Hall–Kier alpha value is -2.64. The number of cyclic esters (lactones) is 1. The van der Waals surface area contributed by atoms with Gasteiger partial charge < -0.3 is 55.8 Å². The van der Waals surface area contributed by atoms with Crippen molar-refractivity contribution in [1.82, 2.24) is 0 Å². The molecule has 3 N–H and O–H groups in total. The number of benzene rings is 1. The number of carbonyl (C=O) groups is 4. The summed E-state index contributed by atoms with van der Waals surface area (Å²) in [6.45, 7) is 2.34. The Morgan fingerprint density at radius 3 is 2.33 bits per heavy atom. The number of likely N-dealkylation sites (N-methyl/N-ethyl adjacent to an activating group) is 1. The van der Waals surface area contributed by atoms with Gasteiger partial charge in [0.05, 0.1) is 55.4 Å². The number of hydrogen-bond donors (Lipinski definition) is 3. The molecule has 8 rings (SSSR count). The minimum atomic E-state index is -1.34. The summed E-state index contributed by atoms with van der Waals surface area (Å²) in [7, 11) is 2.09. The van der Waals surface area contributed by atoms with Crippen LogP contribution >= 0.6 is 0 Å². The van der Waals surface area contributed by atoms with Crippen LogP contribution in [0.1, 0.15) is 95.5 Å². The number of fused-ring (bicyclic) bond motifs is 7. The van der Waals surface area contributed by atoms with Crippen molar-refractivity contribution < 1.29 is 70.2 Å². The number of aliphatic hydroxyl groups is 3. The van der Waals surface area contributed by atoms with Crippen LogP contribution in [0.25, 0.3) is 0 Å². The van der Waals surface area contributed by atoms with Crippen LogP contribution in [0.2, 0.25) is 0 Å². The van der Waals surface area contributed by atoms with Gasteiger partial charge in [-0.2, -0.15) is 0 Å². The van der Waals surface area contributed by atoms with E-state index in [1.54, 1.807) is 0 Å². The van der Waals surface area contributed by atoms with E-state index in [0.717, 1.165) is 24.7 Å². The van der Waals surface area contributed by atoms with E-state index in [9.17, 15) is 34.5 Å². The van der Waals surface area contributed by atoms with Crippen molar-refractivity contribution in [1.29, 1.82) is 0 Å². The molecule has 0 radical (unpaired) electrons. The Morgan fingerprint density at radius 2 is 1.69 bits per heavy atom. The molecule has 0 spiro atoms. The second-order valence-electron chi connectivity index (χ2n) is 18.2. The molecule has 4 aliphatic carbocycles. The number of ether oxygens (including phenoxy) is 3. The molecule has 3 saturated carbocycles. The van der Waals surface area contributed by atoms with E-state index >= 15 is 0 Å². The minimum absolute atomic E-state index is 0. The van der Waals surface area contributed by atoms with Gasteiger partial charge in [0.25, 0.3) is 0 Å². The summed E-state index contributed by atoms with van der Waals surface area (Å²) >= 11 is 0. The SMILES string of the molecule is C[C@]12CC[C@H]3[C@@H](CC[C@]4(O)C[C@@H](OC(=O)C[N+]5(C)C6CC[C@H]5CC(OC(=O)C(CO)c5ccccc5)C6)CC[C@]34C=O)C1(O)C=C[C@H]2C1COC(=O)C1.[Br-]. The van der Waals surface area contributed by atoms with Crippen LogP contribution in [-0.2, 0) is 33.4 Å². The molecule has 14 atom stereocenters. The van der Waals surface area contributed by atoms with Crippen LogP contribution in [0.5, 0.6) is 0 Å². The molecular formula is C42H56BrNO10. The zero-order chi connectivity index (χ0) is 37.4. The fraction of sp³-hybridized carbons (Fsp3) is 0.714. The molecule has 12 heteroatoms. The lowest BCUT2D eigenvalue weighted by molar-refractivity contribution is -0.942. The summed E-state index contributed by atoms with van der Waals surface area (Å²) in [5.41, 5.74) is -3.30. The van der Waals surface area contributed by atoms with Crippen molar-refractivity contribution in [2.24, 2.45) is 34.5 Å². The lowest BCUT2D eigenvalue weighted by atomic mass is 9.41. The van der Waals surface area contributed by atoms with Crippen molar-refractivity contribution in [3.05, 3.63) is 48.0 Å². The molecule has 1 aromatic rings. The van der Waals surface area contributed by atoms with Crippen molar-refractivity contribution in [3.63, 3.8) is 0 Å². The number of rotatable bonds is 9. The molecule has 6 unspecified atom stereocenters. The molecule has 7 aliphatic rings. The Bertz CT molecular complexity index is 1640. The molecule has 0 amide bonds. The zero-order valence-corrected chi connectivity index (χ0v) is 33.0. The standard InChI is InChI=1S/C42H56NO10.BrH/c1-39-14-11-34-35(42(39,50)17-13-33(39)27-18-36(46)51-24-27)12-16-41(49)21-30(10-15-40(34,41)25-45)52-37(47)22-43(2)28-8-9-29(43)20-31(19-28)53-38(48)32(23-44)26-6-4-3-5-7-26;/h3-7,13,17,25,27-35,44,49-50H,8-12,14-16,18-24H2,1-2H3;1H/q+1;/p-1/t27?,28-,29?,30-,31?,32?,33-,34-,35+,39+,40-,41-,42?,43?;/m0./s1. The number of allylic oxidation sites excluding steroid dienone is 1. The van der Waals surface area contributed by atoms with Gasteiger partial charge in [-0.1, -0.05) is 49.4 Å². The third-order valence-electron chi connectivity index (χ3n) is 16.0. The topological polar surface area (TPSA) is 157 Å². The zero-order valence-electron chi connectivity index (χ0n) is 31.4. The summed E-state index contributed by atoms with van der Waals surface area (Å²) in [5, 5.41) is 34.8. The van der Waals surface area contributed by atoms with Crippen LogP contribution in [0.3, 0.4) is 0 Å². The molecular weight excluding hydrogens is 758 g/mol. The molecule has 3 heterocycles. The monoisotopic (exact) mass is 813 g/mol. The molecule has 6 fully saturated rings. The summed E-state index contributed by atoms with van der Waals surface area (Å²) in [4.78, 5) is 52.0. The van der Waals surface area contributed by atoms with E-state index in [4.69, 9.17) is 14.2 Å². The number of hydrogen-bond acceptors (Lipinski definition) is 10. The van der Waals surface area contributed by atoms with Gasteiger partial charge >= 0.3 is 17.9 Å². The maximum Gasteiger partial charge on any atom is 0.362 e. The molecule has 54 heavy (non-hydrogen) atoms. The van der Waals surface area contributed by atoms with Crippen molar-refractivity contribution in [2.45, 2.75) is 125 Å². The quantitative estimate of drug-likeness (QED) is 0.107. The highest BCUT2D eigenvalue weighted by atomic mass is 79.9. The lowest BCUT2D eigenvalue weighted by Gasteiger charge is -2.65. The van der Waals surface area contributed by atoms with Gasteiger partial charge in [0.2, 0.25) is 0 Å². The third kappa shape index (κ3) is 6.03. The van der Waals surface area contributed by atoms with E-state index in [0.29, 0.717) is 68.9 Å². The van der Waals surface area contributed by atoms with Gasteiger partial charge in [-0.3, -0.25) is 9.59 Å². The van der Waals surface area contributed by atoms with Crippen LogP contribution < -0.4 is 17.0 Å². The number of aliphatic hydroxyl groups excluding tert-OH is 1. The minimum Gasteiger partial charge on any atom is -1.00 e. The van der Waals surface area contributed by atoms with E-state index < -0.39 is 40.0 Å². The van der Waals surface area contributed by atoms with Crippen molar-refractivity contribution in [2.75, 3.05) is 26.8 Å². The van der Waals surface area contributed by atoms with E-state index in [1.165, 1.54) is 0 Å². The van der Waals surface area contributed by atoms with Crippen molar-refractivity contribution >= 4 is 24.2 Å². The highest BCUT2D eigenvalue weighted by molar-refractivity contribution is 5.78. The van der Waals surface area contributed by atoms with Gasteiger partial charge in [0.1, 0.15) is 24.4 Å². The molecule has 3 saturated heterocycles. The summed E-state index contributed by atoms with van der Waals surface area (Å²) < 4.78 is 18.0. The van der Waals surface area contributed by atoms with Crippen molar-refractivity contribution in [3.8, 4) is 0 Å². The summed E-state index contributed by atoms with van der Waals surface area (Å²) in [5.74, 6) is -2.07. The average Bonchev–Trinajstić information content (AvgIpc) is 3.70. The van der Waals surface area contributed by atoms with Crippen LogP contribution in [0.15, 0.2) is 42.5 Å². The number of piperidine rings is 1. The highest BCUT2D eigenvalue weighted by Crippen LogP contribution is 2.69. The first kappa shape index (κ1) is 39.6. The summed E-state index contributed by atoms with van der Waals surface area (Å²) in [6.07, 6.45) is 10.9. The third-order valence-corrected chi connectivity index (χ3v) is 16.0. The first-order valence-electron chi connectivity index (χ1n) is 20.0. The predicted octanol–water partition coefficient (Wildman–Crippen LogP) is 0.768. The van der Waals surface area contributed by atoms with Gasteiger partial charge in [-0.05, 0) is 61.8 Å². The number of nitrogens with zero attached hydrogens (tertiary/aromatic N) is 1. The fourth-order valence-electron chi connectivity index (χ4n) is 13.0. The van der Waals surface area contributed by atoms with Gasteiger partial charge in [0, 0.05) is 43.4 Å².